The van der Waals surface area contributed by atoms with Crippen LogP contribution in [0.4, 0.5) is 0 Å². The molecule has 0 aliphatic heterocycles. The van der Waals surface area contributed by atoms with Gasteiger partial charge in [-0.25, -0.2) is 9.13 Å². The van der Waals surface area contributed by atoms with Crippen LogP contribution in [0.15, 0.2) is 0 Å². The molecule has 0 bridgehead atoms. The Kier molecular flexibility index (Phi) is 64.6. The van der Waals surface area contributed by atoms with Crippen molar-refractivity contribution in [2.24, 2.45) is 11.8 Å². The van der Waals surface area contributed by atoms with Gasteiger partial charge in [0.15, 0.2) is 12.2 Å². The number of carbonyl (C=O) groups is 4. The van der Waals surface area contributed by atoms with Gasteiger partial charge in [-0.3, -0.25) is 37.3 Å². The van der Waals surface area contributed by atoms with Crippen molar-refractivity contribution in [2.75, 3.05) is 39.6 Å². The van der Waals surface area contributed by atoms with Gasteiger partial charge in [0.25, 0.3) is 0 Å². The molecule has 0 aromatic heterocycles. The molecule has 3 unspecified atom stereocenters. The standard InChI is InChI=1S/C74H144O17P2/c1-7-10-12-14-16-18-20-22-24-29-33-37-44-50-56-71(76)84-62-69(90-73(78)59-53-47-39-35-31-27-26-28-32-36-42-48-54-66(4)5)64-88-92(80,81)86-60-68(75)61-87-93(82,83)89-65-70(63-85-72(77)57-51-45-41-40-43-49-55-67(6)9-3)91-74(79)58-52-46-38-34-30-25-23-21-19-17-15-13-11-8-2/h66-70,75H,7-65H2,1-6H3,(H,80,81)(H,82,83)/t67?,68-,69-,70-/m1/s1. The van der Waals surface area contributed by atoms with Crippen LogP contribution < -0.4 is 0 Å². The molecule has 0 fully saturated rings. The van der Waals surface area contributed by atoms with Crippen LogP contribution in [0.25, 0.3) is 0 Å². The molecule has 0 aromatic carbocycles. The summed E-state index contributed by atoms with van der Waals surface area (Å²) < 4.78 is 68.5. The Morgan fingerprint density at radius 1 is 0.312 bits per heavy atom. The molecule has 93 heavy (non-hydrogen) atoms. The number of rotatable bonds is 73. The zero-order valence-corrected chi connectivity index (χ0v) is 62.3. The lowest BCUT2D eigenvalue weighted by molar-refractivity contribution is -0.161. The number of phosphoric acid groups is 2. The molecule has 0 spiro atoms. The lowest BCUT2D eigenvalue weighted by Crippen LogP contribution is -2.30. The van der Waals surface area contributed by atoms with Gasteiger partial charge in [-0.05, 0) is 37.5 Å². The molecule has 17 nitrogen and oxygen atoms in total. The highest BCUT2D eigenvalue weighted by molar-refractivity contribution is 7.47. The van der Waals surface area contributed by atoms with E-state index < -0.39 is 97.5 Å². The van der Waals surface area contributed by atoms with Gasteiger partial charge in [0.05, 0.1) is 26.4 Å². The highest BCUT2D eigenvalue weighted by atomic mass is 31.2. The molecule has 3 N–H and O–H groups in total. The third-order valence-corrected chi connectivity index (χ3v) is 19.5. The molecule has 552 valence electrons. The van der Waals surface area contributed by atoms with E-state index in [1.165, 1.54) is 193 Å². The Morgan fingerprint density at radius 2 is 0.548 bits per heavy atom. The Balaban J connectivity index is 5.26. The lowest BCUT2D eigenvalue weighted by Gasteiger charge is -2.21. The zero-order valence-electron chi connectivity index (χ0n) is 60.6. The Hall–Kier alpha value is -1.94. The second kappa shape index (κ2) is 66.0. The highest BCUT2D eigenvalue weighted by Crippen LogP contribution is 2.45. The molecular weight excluding hydrogens is 1220 g/mol. The molecule has 0 saturated carbocycles. The van der Waals surface area contributed by atoms with E-state index in [2.05, 4.69) is 41.5 Å². The van der Waals surface area contributed by atoms with Crippen molar-refractivity contribution in [1.82, 2.24) is 0 Å². The predicted octanol–water partition coefficient (Wildman–Crippen LogP) is 21.6. The summed E-state index contributed by atoms with van der Waals surface area (Å²) in [4.78, 5) is 72.7. The van der Waals surface area contributed by atoms with Crippen molar-refractivity contribution >= 4 is 39.5 Å². The third kappa shape index (κ3) is 67.0. The maximum absolute atomic E-state index is 13.1. The number of unbranched alkanes of at least 4 members (excludes halogenated alkanes) is 42. The summed E-state index contributed by atoms with van der Waals surface area (Å²) in [5.41, 5.74) is 0. The fourth-order valence-electron chi connectivity index (χ4n) is 11.3. The number of aliphatic hydroxyl groups is 1. The zero-order chi connectivity index (χ0) is 68.6. The molecule has 6 atom stereocenters. The number of esters is 4. The SMILES string of the molecule is CCCCCCCCCCCCCCCCC(=O)OC[C@H](COP(=O)(O)OC[C@@H](O)COP(=O)(O)OC[C@@H](COC(=O)CCCCCCCCC(C)CC)OC(=O)CCCCCCCCCCCCCCCC)OC(=O)CCCCCCCCCCCCCCC(C)C. The van der Waals surface area contributed by atoms with Crippen LogP contribution >= 0.6 is 15.6 Å². The van der Waals surface area contributed by atoms with Gasteiger partial charge in [0.2, 0.25) is 0 Å². The number of hydrogen-bond donors (Lipinski definition) is 3. The molecule has 19 heteroatoms. The Labute approximate surface area is 568 Å². The van der Waals surface area contributed by atoms with Crippen LogP contribution in [0.1, 0.15) is 382 Å². The Morgan fingerprint density at radius 3 is 0.817 bits per heavy atom. The minimum absolute atomic E-state index is 0.107. The molecule has 0 rings (SSSR count). The van der Waals surface area contributed by atoms with E-state index in [9.17, 15) is 43.2 Å². The fourth-order valence-corrected chi connectivity index (χ4v) is 12.8. The normalized spacial score (nSPS) is 14.3. The number of aliphatic hydroxyl groups excluding tert-OH is 1. The quantitative estimate of drug-likeness (QED) is 0.0222. The van der Waals surface area contributed by atoms with Crippen molar-refractivity contribution < 1.29 is 80.2 Å². The van der Waals surface area contributed by atoms with Gasteiger partial charge in [-0.15, -0.1) is 0 Å². The van der Waals surface area contributed by atoms with E-state index in [0.717, 1.165) is 108 Å². The first-order chi connectivity index (χ1) is 44.9. The van der Waals surface area contributed by atoms with Gasteiger partial charge >= 0.3 is 39.5 Å². The third-order valence-electron chi connectivity index (χ3n) is 17.6. The topological polar surface area (TPSA) is 237 Å². The summed E-state index contributed by atoms with van der Waals surface area (Å²) in [5.74, 6) is -0.609. The van der Waals surface area contributed by atoms with Crippen molar-refractivity contribution in [2.45, 2.75) is 400 Å². The lowest BCUT2D eigenvalue weighted by atomic mass is 10.00. The summed E-state index contributed by atoms with van der Waals surface area (Å²) >= 11 is 0. The molecule has 0 saturated heterocycles. The number of carbonyl (C=O) groups excluding carboxylic acids is 4. The van der Waals surface area contributed by atoms with Crippen LogP contribution in [-0.4, -0.2) is 96.7 Å². The summed E-state index contributed by atoms with van der Waals surface area (Å²) in [6, 6.07) is 0. The van der Waals surface area contributed by atoms with Gasteiger partial charge in [-0.2, -0.15) is 0 Å². The molecule has 0 aliphatic carbocycles. The maximum Gasteiger partial charge on any atom is 0.472 e. The minimum Gasteiger partial charge on any atom is -0.462 e. The van der Waals surface area contributed by atoms with Gasteiger partial charge in [-0.1, -0.05) is 330 Å². The van der Waals surface area contributed by atoms with Gasteiger partial charge < -0.3 is 33.8 Å². The van der Waals surface area contributed by atoms with Crippen LogP contribution in [0.3, 0.4) is 0 Å². The van der Waals surface area contributed by atoms with Crippen molar-refractivity contribution in [3.63, 3.8) is 0 Å². The summed E-state index contributed by atoms with van der Waals surface area (Å²) in [5, 5.41) is 10.6. The molecule has 0 heterocycles. The first kappa shape index (κ1) is 91.1. The van der Waals surface area contributed by atoms with Gasteiger partial charge in [0.1, 0.15) is 19.3 Å². The second-order valence-electron chi connectivity index (χ2n) is 27.4. The van der Waals surface area contributed by atoms with E-state index in [0.29, 0.717) is 25.7 Å². The average Bonchev–Trinajstić information content (AvgIpc) is 2.01. The van der Waals surface area contributed by atoms with Crippen molar-refractivity contribution in [3.8, 4) is 0 Å². The van der Waals surface area contributed by atoms with Crippen LogP contribution in [-0.2, 0) is 65.4 Å². The molecule has 0 aromatic rings. The van der Waals surface area contributed by atoms with Crippen LogP contribution in [0, 0.1) is 11.8 Å². The highest BCUT2D eigenvalue weighted by Gasteiger charge is 2.30. The number of ether oxygens (including phenoxy) is 4. The number of phosphoric ester groups is 2. The molecule has 0 radical (unpaired) electrons. The van der Waals surface area contributed by atoms with E-state index >= 15 is 0 Å². The first-order valence-corrected chi connectivity index (χ1v) is 41.5. The van der Waals surface area contributed by atoms with E-state index in [4.69, 9.17) is 37.0 Å². The summed E-state index contributed by atoms with van der Waals surface area (Å²) in [6.45, 7) is 9.56. The Bertz CT molecular complexity index is 1810. The average molecular weight is 1370 g/mol. The summed E-state index contributed by atoms with van der Waals surface area (Å²) in [7, 11) is -9.91. The second-order valence-corrected chi connectivity index (χ2v) is 30.3. The maximum atomic E-state index is 13.1. The monoisotopic (exact) mass is 1370 g/mol. The smallest absolute Gasteiger partial charge is 0.462 e. The van der Waals surface area contributed by atoms with Crippen molar-refractivity contribution in [1.29, 1.82) is 0 Å². The van der Waals surface area contributed by atoms with Crippen molar-refractivity contribution in [3.05, 3.63) is 0 Å². The van der Waals surface area contributed by atoms with Crippen LogP contribution in [0.5, 0.6) is 0 Å². The fraction of sp³-hybridized carbons (Fsp3) is 0.946. The molecular formula is C74H144O17P2. The first-order valence-electron chi connectivity index (χ1n) is 38.5. The number of hydrogen-bond acceptors (Lipinski definition) is 15. The summed E-state index contributed by atoms with van der Waals surface area (Å²) in [6.07, 6.45) is 52.6. The minimum atomic E-state index is -4.96. The van der Waals surface area contributed by atoms with Crippen LogP contribution in [0.2, 0.25) is 0 Å². The van der Waals surface area contributed by atoms with E-state index in [-0.39, 0.29) is 25.7 Å². The largest absolute Gasteiger partial charge is 0.472 e. The van der Waals surface area contributed by atoms with E-state index in [1.54, 1.807) is 0 Å². The molecule has 0 amide bonds. The van der Waals surface area contributed by atoms with Gasteiger partial charge in [0, 0.05) is 25.7 Å². The molecule has 0 aliphatic rings. The van der Waals surface area contributed by atoms with E-state index in [1.807, 2.05) is 0 Å². The predicted molar refractivity (Wildman–Crippen MR) is 377 cm³/mol.